The smallest absolute Gasteiger partial charge is 0.416 e. The van der Waals surface area contributed by atoms with E-state index in [9.17, 15) is 36.2 Å². The van der Waals surface area contributed by atoms with Gasteiger partial charge in [-0.15, -0.1) is 5.10 Å². The third kappa shape index (κ3) is 5.55. The highest BCUT2D eigenvalue weighted by Crippen LogP contribution is 2.35. The Morgan fingerprint density at radius 1 is 1.03 bits per heavy atom. The number of fused-ring (bicyclic) bond motifs is 1. The highest BCUT2D eigenvalue weighted by atomic mass is 19.4. The number of ether oxygens (including phenoxy) is 1. The van der Waals surface area contributed by atoms with Gasteiger partial charge >= 0.3 is 18.3 Å². The van der Waals surface area contributed by atoms with E-state index in [1.54, 1.807) is 24.3 Å². The van der Waals surface area contributed by atoms with Gasteiger partial charge in [-0.1, -0.05) is 18.2 Å². The molecule has 0 amide bonds. The summed E-state index contributed by atoms with van der Waals surface area (Å²) in [6.07, 6.45) is -11.4. The largest absolute Gasteiger partial charge is 0.480 e. The number of aliphatic carboxylic acids is 1. The average molecular weight is 498 g/mol. The molecule has 0 saturated carbocycles. The fourth-order valence-corrected chi connectivity index (χ4v) is 3.47. The molecule has 7 nitrogen and oxygen atoms in total. The van der Waals surface area contributed by atoms with E-state index in [1.165, 1.54) is 10.6 Å². The second-order valence-corrected chi connectivity index (χ2v) is 7.55. The minimum absolute atomic E-state index is 0.0926. The van der Waals surface area contributed by atoms with Crippen LogP contribution >= 0.6 is 0 Å². The molecule has 1 atom stereocenters. The molecule has 0 aliphatic carbocycles. The van der Waals surface area contributed by atoms with E-state index < -0.39 is 43.0 Å². The third-order valence-corrected chi connectivity index (χ3v) is 5.01. The molecule has 0 bridgehead atoms. The second-order valence-electron chi connectivity index (χ2n) is 7.55. The van der Waals surface area contributed by atoms with Crippen molar-refractivity contribution < 1.29 is 41.0 Å². The monoisotopic (exact) mass is 498 g/mol. The van der Waals surface area contributed by atoms with Crippen molar-refractivity contribution in [3.8, 4) is 11.6 Å². The van der Waals surface area contributed by atoms with Crippen LogP contribution in [0, 0.1) is 0 Å². The van der Waals surface area contributed by atoms with Crippen molar-refractivity contribution in [1.82, 2.24) is 19.6 Å². The topological polar surface area (TPSA) is 82.2 Å². The van der Waals surface area contributed by atoms with E-state index in [0.717, 1.165) is 35.3 Å². The summed E-state index contributed by atoms with van der Waals surface area (Å²) >= 11 is 0. The van der Waals surface area contributed by atoms with E-state index in [4.69, 9.17) is 4.74 Å². The number of hydrogen-bond donors (Lipinski definition) is 1. The Morgan fingerprint density at radius 2 is 1.71 bits per heavy atom. The van der Waals surface area contributed by atoms with Crippen molar-refractivity contribution in [2.75, 3.05) is 0 Å². The lowest BCUT2D eigenvalue weighted by atomic mass is 10.2. The summed E-state index contributed by atoms with van der Waals surface area (Å²) in [6, 6.07) is 11.8. The van der Waals surface area contributed by atoms with Crippen LogP contribution in [0.5, 0.6) is 5.88 Å². The zero-order valence-corrected chi connectivity index (χ0v) is 17.6. The summed E-state index contributed by atoms with van der Waals surface area (Å²) in [5, 5.41) is 17.6. The number of para-hydroxylation sites is 1. The van der Waals surface area contributed by atoms with Gasteiger partial charge in [-0.05, 0) is 30.3 Å². The van der Waals surface area contributed by atoms with Crippen LogP contribution < -0.4 is 4.74 Å². The SMILES string of the molecule is O=C(O)Cn1c(O[C@@H](CC(F)(F)F)c2cnn(-c3ccc(C(F)(F)F)cc3)n2)cc2ccccc21. The summed E-state index contributed by atoms with van der Waals surface area (Å²) in [5.74, 6) is -1.34. The summed E-state index contributed by atoms with van der Waals surface area (Å²) in [7, 11) is 0. The highest BCUT2D eigenvalue weighted by molar-refractivity contribution is 5.84. The maximum Gasteiger partial charge on any atom is 0.416 e. The molecule has 2 aromatic heterocycles. The van der Waals surface area contributed by atoms with Gasteiger partial charge in [0.1, 0.15) is 12.2 Å². The number of carboxylic acids is 1. The summed E-state index contributed by atoms with van der Waals surface area (Å²) < 4.78 is 85.3. The Hall–Kier alpha value is -4.03. The van der Waals surface area contributed by atoms with Crippen LogP contribution in [0.15, 0.2) is 60.8 Å². The fraction of sp³-hybridized carbons (Fsp3) is 0.227. The molecular formula is C22H16F6N4O3. The number of rotatable bonds is 7. The van der Waals surface area contributed by atoms with Gasteiger partial charge in [0.15, 0.2) is 12.0 Å². The Morgan fingerprint density at radius 3 is 2.34 bits per heavy atom. The van der Waals surface area contributed by atoms with Crippen LogP contribution in [0.2, 0.25) is 0 Å². The summed E-state index contributed by atoms with van der Waals surface area (Å²) in [4.78, 5) is 12.2. The van der Waals surface area contributed by atoms with Crippen LogP contribution in [0.3, 0.4) is 0 Å². The minimum atomic E-state index is -4.67. The molecule has 1 N–H and O–H groups in total. The molecule has 0 spiro atoms. The molecule has 35 heavy (non-hydrogen) atoms. The molecule has 4 aromatic rings. The van der Waals surface area contributed by atoms with E-state index in [2.05, 4.69) is 10.2 Å². The van der Waals surface area contributed by atoms with Gasteiger partial charge in [0.25, 0.3) is 0 Å². The lowest BCUT2D eigenvalue weighted by molar-refractivity contribution is -0.152. The lowest BCUT2D eigenvalue weighted by Gasteiger charge is -2.19. The van der Waals surface area contributed by atoms with Crippen LogP contribution in [-0.2, 0) is 17.5 Å². The van der Waals surface area contributed by atoms with Crippen LogP contribution in [0.4, 0.5) is 26.3 Å². The standard InChI is InChI=1S/C22H16F6N4O3/c23-21(24,25)10-18(35-19-9-13-3-1-2-4-17(13)31(19)12-20(33)34)16-11-29-32(30-16)15-7-5-14(6-8-15)22(26,27)28/h1-9,11,18H,10,12H2,(H,33,34)/t18-/m0/s1. The first-order valence-electron chi connectivity index (χ1n) is 10.0. The highest BCUT2D eigenvalue weighted by Gasteiger charge is 2.36. The molecule has 184 valence electrons. The average Bonchev–Trinajstić information content (AvgIpc) is 3.37. The van der Waals surface area contributed by atoms with E-state index >= 15 is 0 Å². The molecule has 13 heteroatoms. The van der Waals surface area contributed by atoms with Crippen LogP contribution in [-0.4, -0.2) is 36.8 Å². The fourth-order valence-electron chi connectivity index (χ4n) is 3.47. The number of nitrogens with zero attached hydrogens (tertiary/aromatic N) is 4. The zero-order chi connectivity index (χ0) is 25.4. The van der Waals surface area contributed by atoms with Crippen LogP contribution in [0.1, 0.15) is 23.8 Å². The van der Waals surface area contributed by atoms with Gasteiger partial charge in [0.05, 0.1) is 29.4 Å². The van der Waals surface area contributed by atoms with Crippen molar-refractivity contribution in [2.24, 2.45) is 0 Å². The van der Waals surface area contributed by atoms with E-state index in [0.29, 0.717) is 10.9 Å². The van der Waals surface area contributed by atoms with Crippen molar-refractivity contribution in [1.29, 1.82) is 0 Å². The number of halogens is 6. The predicted octanol–water partition coefficient (Wildman–Crippen LogP) is 5.40. The second kappa shape index (κ2) is 8.96. The Bertz CT molecular complexity index is 1340. The Kier molecular flexibility index (Phi) is 6.17. The molecular weight excluding hydrogens is 482 g/mol. The number of aromatic nitrogens is 4. The van der Waals surface area contributed by atoms with E-state index in [1.807, 2.05) is 0 Å². The van der Waals surface area contributed by atoms with Gasteiger partial charge in [-0.3, -0.25) is 4.79 Å². The first kappa shape index (κ1) is 24.1. The Balaban J connectivity index is 1.68. The van der Waals surface area contributed by atoms with Gasteiger partial charge < -0.3 is 14.4 Å². The van der Waals surface area contributed by atoms with Crippen molar-refractivity contribution in [3.63, 3.8) is 0 Å². The van der Waals surface area contributed by atoms with E-state index in [-0.39, 0.29) is 17.3 Å². The molecule has 0 fully saturated rings. The summed E-state index contributed by atoms with van der Waals surface area (Å²) in [6.45, 7) is -0.556. The lowest BCUT2D eigenvalue weighted by Crippen LogP contribution is -2.21. The normalized spacial score (nSPS) is 13.2. The molecule has 0 aliphatic heterocycles. The van der Waals surface area contributed by atoms with Gasteiger partial charge in [0.2, 0.25) is 0 Å². The maximum atomic E-state index is 13.4. The molecule has 2 aromatic carbocycles. The van der Waals surface area contributed by atoms with Gasteiger partial charge in [0, 0.05) is 11.5 Å². The number of carbonyl (C=O) groups is 1. The molecule has 0 radical (unpaired) electrons. The number of carboxylic acid groups (broad SMARTS) is 1. The molecule has 0 unspecified atom stereocenters. The molecule has 0 saturated heterocycles. The van der Waals surface area contributed by atoms with Gasteiger partial charge in [-0.25, -0.2) is 0 Å². The quantitative estimate of drug-likeness (QED) is 0.345. The molecule has 0 aliphatic rings. The Labute approximate surface area is 193 Å². The van der Waals surface area contributed by atoms with Crippen molar-refractivity contribution in [2.45, 2.75) is 31.4 Å². The maximum absolute atomic E-state index is 13.4. The van der Waals surface area contributed by atoms with Crippen molar-refractivity contribution >= 4 is 16.9 Å². The molecule has 4 rings (SSSR count). The number of benzene rings is 2. The first-order chi connectivity index (χ1) is 16.4. The summed E-state index contributed by atoms with van der Waals surface area (Å²) in [5.41, 5.74) is -0.605. The van der Waals surface area contributed by atoms with Gasteiger partial charge in [-0.2, -0.15) is 36.2 Å². The van der Waals surface area contributed by atoms with Crippen LogP contribution in [0.25, 0.3) is 16.6 Å². The zero-order valence-electron chi connectivity index (χ0n) is 17.6. The number of alkyl halides is 6. The minimum Gasteiger partial charge on any atom is -0.480 e. The van der Waals surface area contributed by atoms with Crippen molar-refractivity contribution in [3.05, 3.63) is 72.1 Å². The third-order valence-electron chi connectivity index (χ3n) is 5.01. The number of hydrogen-bond acceptors (Lipinski definition) is 4. The predicted molar refractivity (Wildman–Crippen MR) is 110 cm³/mol. The first-order valence-corrected chi connectivity index (χ1v) is 10.0. The molecule has 2 heterocycles.